The molecule has 0 atom stereocenters. The van der Waals surface area contributed by atoms with Crippen molar-refractivity contribution >= 4 is 29.3 Å². The summed E-state index contributed by atoms with van der Waals surface area (Å²) in [4.78, 5) is 3.34. The number of para-hydroxylation sites is 1. The van der Waals surface area contributed by atoms with Gasteiger partial charge in [-0.1, -0.05) is 18.2 Å². The van der Waals surface area contributed by atoms with E-state index in [0.29, 0.717) is 4.77 Å². The molecule has 19 heavy (non-hydrogen) atoms. The van der Waals surface area contributed by atoms with Crippen LogP contribution in [-0.4, -0.2) is 26.1 Å². The van der Waals surface area contributed by atoms with Gasteiger partial charge in [0.25, 0.3) is 0 Å². The van der Waals surface area contributed by atoms with E-state index in [1.807, 2.05) is 32.2 Å². The number of aryl methyl sites for hydroxylation is 2. The lowest BCUT2D eigenvalue weighted by Gasteiger charge is -1.95. The summed E-state index contributed by atoms with van der Waals surface area (Å²) in [6.07, 6.45) is 1.81. The molecule has 0 bridgehead atoms. The molecule has 0 aliphatic heterocycles. The second kappa shape index (κ2) is 4.47. The topological polar surface area (TPSA) is 61.8 Å². The third-order valence-corrected chi connectivity index (χ3v) is 3.32. The van der Waals surface area contributed by atoms with Crippen LogP contribution in [0, 0.1) is 18.6 Å². The molecule has 6 heteroatoms. The van der Waals surface area contributed by atoms with Gasteiger partial charge in [0.1, 0.15) is 5.82 Å². The molecular formula is C13H13N5S. The lowest BCUT2D eigenvalue weighted by molar-refractivity contribution is 0.821. The van der Waals surface area contributed by atoms with Crippen molar-refractivity contribution in [3.05, 3.63) is 46.1 Å². The monoisotopic (exact) mass is 271 g/mol. The van der Waals surface area contributed by atoms with Gasteiger partial charge in [-0.15, -0.1) is 0 Å². The summed E-state index contributed by atoms with van der Waals surface area (Å²) in [5.41, 5.74) is 3.25. The quantitative estimate of drug-likeness (QED) is 0.556. The van der Waals surface area contributed by atoms with Crippen molar-refractivity contribution in [1.29, 1.82) is 0 Å². The van der Waals surface area contributed by atoms with Crippen LogP contribution in [0.4, 0.5) is 0 Å². The number of hydrogen-bond acceptors (Lipinski definition) is 3. The number of aromatic nitrogens is 4. The Morgan fingerprint density at radius 1 is 1.32 bits per heavy atom. The SMILES string of the molecule is Cc1[nH]c2ccccc2c1/C=N/n1c(C)n[nH]c1=S. The van der Waals surface area contributed by atoms with Crippen LogP contribution in [0.2, 0.25) is 0 Å². The number of rotatable bonds is 2. The Hall–Kier alpha value is -2.21. The Balaban J connectivity index is 2.11. The summed E-state index contributed by atoms with van der Waals surface area (Å²) in [5.74, 6) is 0.735. The van der Waals surface area contributed by atoms with Crippen molar-refractivity contribution in [2.45, 2.75) is 13.8 Å². The summed E-state index contributed by atoms with van der Waals surface area (Å²) in [6, 6.07) is 8.15. The molecule has 0 aliphatic rings. The summed E-state index contributed by atoms with van der Waals surface area (Å²) in [5, 5.41) is 12.3. The van der Waals surface area contributed by atoms with E-state index in [9.17, 15) is 0 Å². The fourth-order valence-electron chi connectivity index (χ4n) is 2.09. The van der Waals surface area contributed by atoms with Gasteiger partial charge in [0.05, 0.1) is 6.21 Å². The van der Waals surface area contributed by atoms with Crippen molar-refractivity contribution in [3.8, 4) is 0 Å². The molecule has 3 aromatic rings. The predicted molar refractivity (Wildman–Crippen MR) is 78.2 cm³/mol. The molecule has 2 aromatic heterocycles. The molecule has 0 saturated carbocycles. The molecule has 0 aliphatic carbocycles. The molecule has 1 aromatic carbocycles. The zero-order valence-electron chi connectivity index (χ0n) is 10.6. The van der Waals surface area contributed by atoms with Crippen LogP contribution in [0.1, 0.15) is 17.1 Å². The molecule has 0 spiro atoms. The van der Waals surface area contributed by atoms with Gasteiger partial charge in [0.2, 0.25) is 4.77 Å². The largest absolute Gasteiger partial charge is 0.358 e. The van der Waals surface area contributed by atoms with E-state index in [2.05, 4.69) is 32.4 Å². The van der Waals surface area contributed by atoms with Gasteiger partial charge in [-0.2, -0.15) is 14.9 Å². The average Bonchev–Trinajstić information content (AvgIpc) is 2.88. The average molecular weight is 271 g/mol. The third-order valence-electron chi connectivity index (χ3n) is 3.06. The highest BCUT2D eigenvalue weighted by molar-refractivity contribution is 7.71. The Labute approximate surface area is 115 Å². The summed E-state index contributed by atoms with van der Waals surface area (Å²) >= 11 is 5.12. The first-order valence-electron chi connectivity index (χ1n) is 5.92. The standard InChI is InChI=1S/C13H13N5S/c1-8-11(10-5-3-4-6-12(10)15-8)7-14-18-9(2)16-17-13(18)19/h3-7,15H,1-2H3,(H,17,19)/b14-7+. The number of benzene rings is 1. The highest BCUT2D eigenvalue weighted by Gasteiger charge is 2.05. The molecule has 2 heterocycles. The van der Waals surface area contributed by atoms with Gasteiger partial charge in [-0.3, -0.25) is 5.10 Å². The van der Waals surface area contributed by atoms with E-state index in [4.69, 9.17) is 12.2 Å². The van der Waals surface area contributed by atoms with E-state index >= 15 is 0 Å². The minimum atomic E-state index is 0.492. The Morgan fingerprint density at radius 2 is 2.11 bits per heavy atom. The number of aromatic amines is 2. The molecule has 0 saturated heterocycles. The Bertz CT molecular complexity index is 821. The van der Waals surface area contributed by atoms with Crippen molar-refractivity contribution < 1.29 is 0 Å². The van der Waals surface area contributed by atoms with Crippen LogP contribution < -0.4 is 0 Å². The highest BCUT2D eigenvalue weighted by Crippen LogP contribution is 2.20. The maximum Gasteiger partial charge on any atom is 0.216 e. The molecule has 2 N–H and O–H groups in total. The number of H-pyrrole nitrogens is 2. The van der Waals surface area contributed by atoms with Crippen LogP contribution in [0.15, 0.2) is 29.4 Å². The molecule has 96 valence electrons. The van der Waals surface area contributed by atoms with Crippen molar-refractivity contribution in [2.24, 2.45) is 5.10 Å². The number of nitrogens with zero attached hydrogens (tertiary/aromatic N) is 3. The van der Waals surface area contributed by atoms with Gasteiger partial charge in [-0.05, 0) is 32.1 Å². The number of fused-ring (bicyclic) bond motifs is 1. The summed E-state index contributed by atoms with van der Waals surface area (Å²) in [7, 11) is 0. The van der Waals surface area contributed by atoms with Crippen molar-refractivity contribution in [3.63, 3.8) is 0 Å². The molecule has 5 nitrogen and oxygen atoms in total. The van der Waals surface area contributed by atoms with E-state index in [-0.39, 0.29) is 0 Å². The van der Waals surface area contributed by atoms with E-state index in [1.54, 1.807) is 4.68 Å². The van der Waals surface area contributed by atoms with Crippen LogP contribution in [0.5, 0.6) is 0 Å². The van der Waals surface area contributed by atoms with Gasteiger partial charge in [0.15, 0.2) is 0 Å². The maximum atomic E-state index is 5.12. The second-order valence-electron chi connectivity index (χ2n) is 4.34. The summed E-state index contributed by atoms with van der Waals surface area (Å²) in [6.45, 7) is 3.88. The smallest absolute Gasteiger partial charge is 0.216 e. The summed E-state index contributed by atoms with van der Waals surface area (Å²) < 4.78 is 2.10. The zero-order chi connectivity index (χ0) is 13.4. The molecule has 0 fully saturated rings. The van der Waals surface area contributed by atoms with Crippen LogP contribution >= 0.6 is 12.2 Å². The van der Waals surface area contributed by atoms with Crippen LogP contribution in [-0.2, 0) is 0 Å². The number of hydrogen-bond donors (Lipinski definition) is 2. The van der Waals surface area contributed by atoms with Crippen LogP contribution in [0.25, 0.3) is 10.9 Å². The zero-order valence-corrected chi connectivity index (χ0v) is 11.5. The second-order valence-corrected chi connectivity index (χ2v) is 4.73. The molecule has 0 amide bonds. The fourth-order valence-corrected chi connectivity index (χ4v) is 2.31. The highest BCUT2D eigenvalue weighted by atomic mass is 32.1. The lowest BCUT2D eigenvalue weighted by Crippen LogP contribution is -1.94. The first-order chi connectivity index (χ1) is 9.16. The first-order valence-corrected chi connectivity index (χ1v) is 6.33. The van der Waals surface area contributed by atoms with E-state index in [1.165, 1.54) is 0 Å². The van der Waals surface area contributed by atoms with E-state index < -0.39 is 0 Å². The molecule has 0 unspecified atom stereocenters. The van der Waals surface area contributed by atoms with Crippen LogP contribution in [0.3, 0.4) is 0 Å². The third kappa shape index (κ3) is 2.00. The molecular weight excluding hydrogens is 258 g/mol. The first kappa shape index (κ1) is 11.9. The molecule has 3 rings (SSSR count). The predicted octanol–water partition coefficient (Wildman–Crippen LogP) is 2.92. The lowest BCUT2D eigenvalue weighted by atomic mass is 10.1. The Morgan fingerprint density at radius 3 is 2.84 bits per heavy atom. The van der Waals surface area contributed by atoms with Gasteiger partial charge in [-0.25, -0.2) is 0 Å². The number of nitrogens with one attached hydrogen (secondary N) is 2. The van der Waals surface area contributed by atoms with Gasteiger partial charge < -0.3 is 4.98 Å². The molecule has 0 radical (unpaired) electrons. The van der Waals surface area contributed by atoms with E-state index in [0.717, 1.165) is 28.0 Å². The van der Waals surface area contributed by atoms with Crippen molar-refractivity contribution in [1.82, 2.24) is 19.9 Å². The Kier molecular flexibility index (Phi) is 2.79. The maximum absolute atomic E-state index is 5.12. The van der Waals surface area contributed by atoms with Gasteiger partial charge in [0, 0.05) is 22.2 Å². The fraction of sp³-hybridized carbons (Fsp3) is 0.154. The minimum Gasteiger partial charge on any atom is -0.358 e. The normalized spacial score (nSPS) is 11.7. The minimum absolute atomic E-state index is 0.492. The van der Waals surface area contributed by atoms with Gasteiger partial charge >= 0.3 is 0 Å². The van der Waals surface area contributed by atoms with Crippen molar-refractivity contribution in [2.75, 3.05) is 0 Å².